The summed E-state index contributed by atoms with van der Waals surface area (Å²) in [5.41, 5.74) is 3.28. The first kappa shape index (κ1) is 34.2. The van der Waals surface area contributed by atoms with Crippen molar-refractivity contribution in [2.45, 2.75) is 32.2 Å². The van der Waals surface area contributed by atoms with Gasteiger partial charge in [0.05, 0.1) is 32.3 Å². The maximum absolute atomic E-state index is 15.2. The van der Waals surface area contributed by atoms with E-state index < -0.39 is 33.9 Å². The number of hydrogen-bond donors (Lipinski definition) is 2. The van der Waals surface area contributed by atoms with Gasteiger partial charge in [0.2, 0.25) is 21.9 Å². The highest BCUT2D eigenvalue weighted by atomic mass is 32.2. The average Bonchev–Trinajstić information content (AvgIpc) is 3.09. The Hall–Kier alpha value is -4.71. The van der Waals surface area contributed by atoms with Gasteiger partial charge in [-0.1, -0.05) is 6.07 Å². The monoisotopic (exact) mass is 700 g/mol. The highest BCUT2D eigenvalue weighted by Gasteiger charge is 2.23. The van der Waals surface area contributed by atoms with Crippen LogP contribution in [-0.4, -0.2) is 81.8 Å². The fourth-order valence-corrected chi connectivity index (χ4v) is 5.90. The topological polar surface area (TPSA) is 163 Å². The van der Waals surface area contributed by atoms with Crippen molar-refractivity contribution in [3.8, 4) is 22.9 Å². The van der Waals surface area contributed by atoms with Gasteiger partial charge in [0.15, 0.2) is 6.29 Å². The number of morpholine rings is 1. The van der Waals surface area contributed by atoms with Gasteiger partial charge in [-0.3, -0.25) is 9.52 Å². The molecular formula is C32H34F2N6O8S. The maximum atomic E-state index is 15.2. The number of anilines is 2. The highest BCUT2D eigenvalue weighted by Crippen LogP contribution is 2.37. The lowest BCUT2D eigenvalue weighted by atomic mass is 10.1. The molecule has 0 spiro atoms. The molecule has 2 aromatic carbocycles. The summed E-state index contributed by atoms with van der Waals surface area (Å²) < 4.78 is 79.0. The van der Waals surface area contributed by atoms with E-state index in [4.69, 9.17) is 33.8 Å². The molecule has 4 heterocycles. The number of sulfonamides is 1. The van der Waals surface area contributed by atoms with E-state index in [1.54, 1.807) is 0 Å². The van der Waals surface area contributed by atoms with Gasteiger partial charge < -0.3 is 23.8 Å². The van der Waals surface area contributed by atoms with Crippen molar-refractivity contribution in [3.63, 3.8) is 0 Å². The van der Waals surface area contributed by atoms with E-state index in [1.165, 1.54) is 37.6 Å². The van der Waals surface area contributed by atoms with Gasteiger partial charge >= 0.3 is 0 Å². The van der Waals surface area contributed by atoms with E-state index >= 15 is 8.78 Å². The first-order valence-electron chi connectivity index (χ1n) is 15.4. The zero-order valence-corrected chi connectivity index (χ0v) is 27.5. The fourth-order valence-electron chi connectivity index (χ4n) is 5.35. The lowest BCUT2D eigenvalue weighted by Gasteiger charge is -2.27. The third kappa shape index (κ3) is 8.30. The molecule has 2 N–H and O–H groups in total. The predicted molar refractivity (Wildman–Crippen MR) is 174 cm³/mol. The van der Waals surface area contributed by atoms with Gasteiger partial charge in [-0.05, 0) is 37.1 Å². The summed E-state index contributed by atoms with van der Waals surface area (Å²) in [6.45, 7) is 2.04. The smallest absolute Gasteiger partial charge is 0.275 e. The molecule has 2 aromatic heterocycles. The van der Waals surface area contributed by atoms with Crippen molar-refractivity contribution in [3.05, 3.63) is 65.4 Å². The number of fused-ring (bicyclic) bond motifs is 1. The van der Waals surface area contributed by atoms with Crippen LogP contribution in [0.3, 0.4) is 0 Å². The molecule has 1 atom stereocenters. The van der Waals surface area contributed by atoms with Crippen LogP contribution < -0.4 is 24.6 Å². The van der Waals surface area contributed by atoms with Crippen LogP contribution >= 0.6 is 0 Å². The van der Waals surface area contributed by atoms with Crippen LogP contribution in [-0.2, 0) is 30.9 Å². The minimum absolute atomic E-state index is 0.00576. The van der Waals surface area contributed by atoms with Gasteiger partial charge in [0.25, 0.3) is 5.91 Å². The van der Waals surface area contributed by atoms with E-state index in [0.29, 0.717) is 44.9 Å². The number of methoxy groups -OCH3 is 1. The van der Waals surface area contributed by atoms with E-state index in [-0.39, 0.29) is 57.6 Å². The molecule has 0 radical (unpaired) electrons. The maximum Gasteiger partial charge on any atom is 0.275 e. The number of nitrogens with one attached hydrogen (secondary N) is 2. The van der Waals surface area contributed by atoms with Gasteiger partial charge in [-0.25, -0.2) is 42.5 Å². The molecular weight excluding hydrogens is 666 g/mol. The number of halogens is 2. The molecule has 1 amide bonds. The Labute approximate surface area is 280 Å². The number of ether oxygens (including phenoxy) is 4. The molecule has 17 heteroatoms. The second kappa shape index (κ2) is 14.8. The largest absolute Gasteiger partial charge is 0.486 e. The number of benzene rings is 2. The molecule has 49 heavy (non-hydrogen) atoms. The molecule has 4 aromatic rings. The Bertz CT molecular complexity index is 1960. The minimum Gasteiger partial charge on any atom is -0.486 e. The van der Waals surface area contributed by atoms with Crippen molar-refractivity contribution in [2.24, 2.45) is 0 Å². The summed E-state index contributed by atoms with van der Waals surface area (Å²) in [6, 6.07) is 7.70. The van der Waals surface area contributed by atoms with Crippen molar-refractivity contribution in [1.29, 1.82) is 0 Å². The number of amides is 1. The summed E-state index contributed by atoms with van der Waals surface area (Å²) in [4.78, 5) is 33.4. The van der Waals surface area contributed by atoms with Crippen LogP contribution in [0.5, 0.6) is 11.6 Å². The van der Waals surface area contributed by atoms with Crippen LogP contribution in [0.1, 0.15) is 35.2 Å². The molecule has 14 nitrogen and oxygen atoms in total. The summed E-state index contributed by atoms with van der Waals surface area (Å²) in [5, 5.41) is 0.235. The molecule has 2 aliphatic heterocycles. The summed E-state index contributed by atoms with van der Waals surface area (Å²) in [7, 11) is -2.37. The quantitative estimate of drug-likeness (QED) is 0.217. The number of nitrogens with zero attached hydrogens (tertiary/aromatic N) is 4. The van der Waals surface area contributed by atoms with E-state index in [0.717, 1.165) is 31.2 Å². The Balaban J connectivity index is 1.32. The second-order valence-corrected chi connectivity index (χ2v) is 13.1. The van der Waals surface area contributed by atoms with E-state index in [1.807, 2.05) is 4.90 Å². The number of pyridine rings is 1. The summed E-state index contributed by atoms with van der Waals surface area (Å²) in [6.07, 6.45) is 4.32. The molecule has 260 valence electrons. The van der Waals surface area contributed by atoms with E-state index in [9.17, 15) is 13.2 Å². The molecule has 1 unspecified atom stereocenters. The molecule has 2 saturated heterocycles. The van der Waals surface area contributed by atoms with Crippen LogP contribution in [0.15, 0.2) is 42.6 Å². The number of rotatable bonds is 11. The highest BCUT2D eigenvalue weighted by molar-refractivity contribution is 7.92. The summed E-state index contributed by atoms with van der Waals surface area (Å²) in [5.74, 6) is -1.73. The molecule has 0 aliphatic carbocycles. The number of carbonyl (C=O) groups is 1. The number of aromatic nitrogens is 3. The predicted octanol–water partition coefficient (Wildman–Crippen LogP) is 3.95. The molecule has 6 rings (SSSR count). The van der Waals surface area contributed by atoms with E-state index in [2.05, 4.69) is 15.2 Å². The molecule has 2 aliphatic rings. The average molecular weight is 701 g/mol. The molecule has 2 fully saturated rings. The first-order valence-corrected chi connectivity index (χ1v) is 17.3. The fraction of sp³-hybridized carbons (Fsp3) is 0.375. The number of hydrogen-bond acceptors (Lipinski definition) is 12. The lowest BCUT2D eigenvalue weighted by Crippen LogP contribution is -2.37. The van der Waals surface area contributed by atoms with Crippen LogP contribution in [0.4, 0.5) is 20.4 Å². The lowest BCUT2D eigenvalue weighted by molar-refractivity contribution is -0.186. The van der Waals surface area contributed by atoms with Crippen molar-refractivity contribution in [1.82, 2.24) is 20.4 Å². The van der Waals surface area contributed by atoms with Gasteiger partial charge in [0, 0.05) is 60.5 Å². The van der Waals surface area contributed by atoms with Crippen LogP contribution in [0.2, 0.25) is 0 Å². The van der Waals surface area contributed by atoms with Crippen LogP contribution in [0, 0.1) is 11.6 Å². The third-order valence-electron chi connectivity index (χ3n) is 7.75. The Morgan fingerprint density at radius 1 is 1.08 bits per heavy atom. The van der Waals surface area contributed by atoms with Crippen molar-refractivity contribution in [2.75, 3.05) is 55.9 Å². The standard InChI is InChI=1S/C32H34F2N6O8S/c1-44-31-25(39-49(2,42)43)14-21(17-35-31)28-23-15-22(33)16-26(29(23)37-32(36-28)40-8-11-45-12-9-40)47-18-20-7-6-19(13-24(20)34)30(41)38-48-27-5-3-4-10-46-27/h6-7,13-17,27,39H,3-5,8-12,18H2,1-2H3,(H,38,41). The van der Waals surface area contributed by atoms with Gasteiger partial charge in [-0.2, -0.15) is 0 Å². The minimum atomic E-state index is -3.71. The van der Waals surface area contributed by atoms with Gasteiger partial charge in [-0.15, -0.1) is 0 Å². The normalized spacial score (nSPS) is 16.7. The zero-order chi connectivity index (χ0) is 34.5. The first-order chi connectivity index (χ1) is 23.6. The summed E-state index contributed by atoms with van der Waals surface area (Å²) >= 11 is 0. The SMILES string of the molecule is COc1ncc(-c2nc(N3CCOCC3)nc3c(OCc4ccc(C(=O)NOC5CCCCO5)cc4F)cc(F)cc23)cc1NS(C)(=O)=O. The zero-order valence-electron chi connectivity index (χ0n) is 26.7. The Kier molecular flexibility index (Phi) is 10.3. The second-order valence-electron chi connectivity index (χ2n) is 11.4. The third-order valence-corrected chi connectivity index (χ3v) is 8.34. The van der Waals surface area contributed by atoms with Crippen LogP contribution in [0.25, 0.3) is 22.2 Å². The molecule has 0 bridgehead atoms. The molecule has 0 saturated carbocycles. The van der Waals surface area contributed by atoms with Gasteiger partial charge in [0.1, 0.15) is 35.2 Å². The van der Waals surface area contributed by atoms with Crippen molar-refractivity contribution < 1.29 is 45.8 Å². The number of hydroxylamine groups is 1. The Morgan fingerprint density at radius 3 is 2.61 bits per heavy atom. The number of carbonyl (C=O) groups excluding carboxylic acids is 1. The Morgan fingerprint density at radius 2 is 1.90 bits per heavy atom. The van der Waals surface area contributed by atoms with Crippen molar-refractivity contribution >= 4 is 38.5 Å².